The topological polar surface area (TPSA) is 66.8 Å². The third-order valence-corrected chi connectivity index (χ3v) is 5.34. The SMILES string of the molecule is CCOc1ccc(/C(O)=C2/C(=O)C(=O)N(c3ccccc3)C2c2ccccc2)cc1C. The highest BCUT2D eigenvalue weighted by Gasteiger charge is 2.46. The predicted molar refractivity (Wildman–Crippen MR) is 120 cm³/mol. The van der Waals surface area contributed by atoms with Crippen LogP contribution in [0.3, 0.4) is 0 Å². The molecule has 0 radical (unpaired) electrons. The zero-order chi connectivity index (χ0) is 22.0. The van der Waals surface area contributed by atoms with Gasteiger partial charge in [-0.05, 0) is 55.3 Å². The maximum atomic E-state index is 13.1. The van der Waals surface area contributed by atoms with E-state index in [2.05, 4.69) is 0 Å². The molecule has 1 unspecified atom stereocenters. The maximum absolute atomic E-state index is 13.1. The van der Waals surface area contributed by atoms with Crippen molar-refractivity contribution in [2.45, 2.75) is 19.9 Å². The van der Waals surface area contributed by atoms with Gasteiger partial charge in [0.25, 0.3) is 11.7 Å². The number of amides is 1. The second-order valence-electron chi connectivity index (χ2n) is 7.33. The summed E-state index contributed by atoms with van der Waals surface area (Å²) < 4.78 is 5.57. The lowest BCUT2D eigenvalue weighted by molar-refractivity contribution is -0.132. The van der Waals surface area contributed by atoms with E-state index in [9.17, 15) is 14.7 Å². The van der Waals surface area contributed by atoms with Crippen LogP contribution in [0.4, 0.5) is 5.69 Å². The van der Waals surface area contributed by atoms with E-state index >= 15 is 0 Å². The number of carbonyl (C=O) groups excluding carboxylic acids is 2. The molecule has 5 heteroatoms. The highest BCUT2D eigenvalue weighted by atomic mass is 16.5. The Morgan fingerprint density at radius 2 is 1.61 bits per heavy atom. The van der Waals surface area contributed by atoms with Crippen molar-refractivity contribution in [2.24, 2.45) is 0 Å². The Labute approximate surface area is 181 Å². The predicted octanol–water partition coefficient (Wildman–Crippen LogP) is 5.02. The van der Waals surface area contributed by atoms with E-state index in [0.717, 1.165) is 11.1 Å². The van der Waals surface area contributed by atoms with E-state index in [4.69, 9.17) is 4.74 Å². The molecule has 0 aliphatic carbocycles. The lowest BCUT2D eigenvalue weighted by atomic mass is 9.94. The first-order valence-electron chi connectivity index (χ1n) is 10.2. The molecular formula is C26H23NO4. The van der Waals surface area contributed by atoms with Crippen molar-refractivity contribution in [3.05, 3.63) is 101 Å². The molecule has 0 spiro atoms. The average Bonchev–Trinajstić information content (AvgIpc) is 3.06. The number of ether oxygens (including phenoxy) is 1. The van der Waals surface area contributed by atoms with Crippen LogP contribution in [0.2, 0.25) is 0 Å². The number of aryl methyl sites for hydroxylation is 1. The molecule has 0 bridgehead atoms. The molecule has 1 aliphatic rings. The average molecular weight is 413 g/mol. The minimum atomic E-state index is -0.726. The molecule has 3 aromatic rings. The lowest BCUT2D eigenvalue weighted by Crippen LogP contribution is -2.29. The van der Waals surface area contributed by atoms with Gasteiger partial charge in [-0.15, -0.1) is 0 Å². The number of hydrogen-bond donors (Lipinski definition) is 1. The summed E-state index contributed by atoms with van der Waals surface area (Å²) in [5.74, 6) is -0.855. The van der Waals surface area contributed by atoms with Crippen molar-refractivity contribution in [1.29, 1.82) is 0 Å². The number of benzene rings is 3. The van der Waals surface area contributed by atoms with Gasteiger partial charge in [0.2, 0.25) is 0 Å². The molecule has 3 aromatic carbocycles. The number of rotatable bonds is 5. The Morgan fingerprint density at radius 1 is 0.968 bits per heavy atom. The minimum absolute atomic E-state index is 0.0728. The van der Waals surface area contributed by atoms with Crippen LogP contribution in [0.1, 0.15) is 29.7 Å². The summed E-state index contributed by atoms with van der Waals surface area (Å²) in [6, 6.07) is 22.8. The highest BCUT2D eigenvalue weighted by molar-refractivity contribution is 6.51. The standard InChI is InChI=1S/C26H23NO4/c1-3-31-21-15-14-19(16-17(21)2)24(28)22-23(18-10-6-4-7-11-18)27(26(30)25(22)29)20-12-8-5-9-13-20/h4-16,23,28H,3H2,1-2H3/b24-22-. The molecule has 1 atom stereocenters. The summed E-state index contributed by atoms with van der Waals surface area (Å²) >= 11 is 0. The number of anilines is 1. The Balaban J connectivity index is 1.89. The molecule has 1 heterocycles. The largest absolute Gasteiger partial charge is 0.507 e. The van der Waals surface area contributed by atoms with Crippen molar-refractivity contribution in [2.75, 3.05) is 11.5 Å². The number of aliphatic hydroxyl groups excluding tert-OH is 1. The van der Waals surface area contributed by atoms with E-state index in [0.29, 0.717) is 23.6 Å². The monoisotopic (exact) mass is 413 g/mol. The number of ketones is 1. The van der Waals surface area contributed by atoms with E-state index < -0.39 is 17.7 Å². The Kier molecular flexibility index (Phi) is 5.58. The fourth-order valence-electron chi connectivity index (χ4n) is 3.91. The normalized spacial score (nSPS) is 17.7. The van der Waals surface area contributed by atoms with E-state index in [1.807, 2.05) is 62.4 Å². The zero-order valence-electron chi connectivity index (χ0n) is 17.4. The van der Waals surface area contributed by atoms with Crippen molar-refractivity contribution >= 4 is 23.1 Å². The van der Waals surface area contributed by atoms with Gasteiger partial charge >= 0.3 is 0 Å². The smallest absolute Gasteiger partial charge is 0.300 e. The first-order chi connectivity index (χ1) is 15.0. The third kappa shape index (κ3) is 3.70. The van der Waals surface area contributed by atoms with Crippen LogP contribution in [0.5, 0.6) is 5.75 Å². The van der Waals surface area contributed by atoms with Gasteiger partial charge in [-0.1, -0.05) is 48.5 Å². The molecule has 0 saturated carbocycles. The van der Waals surface area contributed by atoms with Crippen molar-refractivity contribution in [3.8, 4) is 5.75 Å². The molecule has 4 rings (SSSR count). The number of nitrogens with zero attached hydrogens (tertiary/aromatic N) is 1. The van der Waals surface area contributed by atoms with E-state index in [1.54, 1.807) is 30.3 Å². The quantitative estimate of drug-likeness (QED) is 0.362. The summed E-state index contributed by atoms with van der Waals surface area (Å²) in [7, 11) is 0. The zero-order valence-corrected chi connectivity index (χ0v) is 17.4. The van der Waals surface area contributed by atoms with Crippen molar-refractivity contribution in [1.82, 2.24) is 0 Å². The maximum Gasteiger partial charge on any atom is 0.300 e. The number of hydrogen-bond acceptors (Lipinski definition) is 4. The molecule has 0 aromatic heterocycles. The molecule has 31 heavy (non-hydrogen) atoms. The van der Waals surface area contributed by atoms with E-state index in [-0.39, 0.29) is 11.3 Å². The summed E-state index contributed by atoms with van der Waals surface area (Å²) in [6.07, 6.45) is 0. The molecule has 1 amide bonds. The fraction of sp³-hybridized carbons (Fsp3) is 0.154. The highest BCUT2D eigenvalue weighted by Crippen LogP contribution is 2.42. The second-order valence-corrected chi connectivity index (χ2v) is 7.33. The Hall–Kier alpha value is -3.86. The summed E-state index contributed by atoms with van der Waals surface area (Å²) in [6.45, 7) is 4.31. The van der Waals surface area contributed by atoms with Gasteiger partial charge < -0.3 is 9.84 Å². The summed E-state index contributed by atoms with van der Waals surface area (Å²) in [5.41, 5.74) is 2.71. The van der Waals surface area contributed by atoms with Gasteiger partial charge in [0.1, 0.15) is 11.5 Å². The van der Waals surface area contributed by atoms with Gasteiger partial charge in [0.05, 0.1) is 18.2 Å². The second kappa shape index (κ2) is 8.48. The van der Waals surface area contributed by atoms with Crippen LogP contribution in [-0.2, 0) is 9.59 Å². The van der Waals surface area contributed by atoms with Crippen LogP contribution in [-0.4, -0.2) is 23.4 Å². The Morgan fingerprint density at radius 3 is 2.23 bits per heavy atom. The number of para-hydroxylation sites is 1. The fourth-order valence-corrected chi connectivity index (χ4v) is 3.91. The van der Waals surface area contributed by atoms with Crippen LogP contribution in [0, 0.1) is 6.92 Å². The van der Waals surface area contributed by atoms with Crippen LogP contribution >= 0.6 is 0 Å². The molecule has 156 valence electrons. The van der Waals surface area contributed by atoms with Crippen molar-refractivity contribution < 1.29 is 19.4 Å². The minimum Gasteiger partial charge on any atom is -0.507 e. The van der Waals surface area contributed by atoms with Gasteiger partial charge in [-0.2, -0.15) is 0 Å². The van der Waals surface area contributed by atoms with Crippen LogP contribution in [0.15, 0.2) is 84.4 Å². The first kappa shape index (κ1) is 20.4. The van der Waals surface area contributed by atoms with Gasteiger partial charge in [-0.3, -0.25) is 14.5 Å². The van der Waals surface area contributed by atoms with Gasteiger partial charge in [0, 0.05) is 11.3 Å². The molecule has 1 saturated heterocycles. The molecule has 1 fully saturated rings. The van der Waals surface area contributed by atoms with Crippen LogP contribution < -0.4 is 9.64 Å². The number of aliphatic hydroxyl groups is 1. The molecule has 1 N–H and O–H groups in total. The Bertz CT molecular complexity index is 1150. The first-order valence-corrected chi connectivity index (χ1v) is 10.2. The molecule has 5 nitrogen and oxygen atoms in total. The summed E-state index contributed by atoms with van der Waals surface area (Å²) in [5, 5.41) is 11.2. The lowest BCUT2D eigenvalue weighted by Gasteiger charge is -2.25. The van der Waals surface area contributed by atoms with Gasteiger partial charge in [0.15, 0.2) is 0 Å². The van der Waals surface area contributed by atoms with Crippen molar-refractivity contribution in [3.63, 3.8) is 0 Å². The third-order valence-electron chi connectivity index (χ3n) is 5.34. The van der Waals surface area contributed by atoms with E-state index in [1.165, 1.54) is 4.90 Å². The molecular weight excluding hydrogens is 390 g/mol. The summed E-state index contributed by atoms with van der Waals surface area (Å²) in [4.78, 5) is 27.6. The number of carbonyl (C=O) groups is 2. The van der Waals surface area contributed by atoms with Gasteiger partial charge in [-0.25, -0.2) is 0 Å². The van der Waals surface area contributed by atoms with Crippen LogP contribution in [0.25, 0.3) is 5.76 Å². The number of Topliss-reactive ketones (excluding diaryl/α,β-unsaturated/α-hetero) is 1. The molecule has 1 aliphatic heterocycles.